The lowest BCUT2D eigenvalue weighted by molar-refractivity contribution is 0.0896. The van der Waals surface area contributed by atoms with Gasteiger partial charge < -0.3 is 10.2 Å². The number of piperazine rings is 1. The summed E-state index contributed by atoms with van der Waals surface area (Å²) in [5.74, 6) is 0. The van der Waals surface area contributed by atoms with Gasteiger partial charge in [-0.25, -0.2) is 0 Å². The highest BCUT2D eigenvalue weighted by Gasteiger charge is 2.31. The van der Waals surface area contributed by atoms with Crippen molar-refractivity contribution >= 4 is 0 Å². The van der Waals surface area contributed by atoms with E-state index in [2.05, 4.69) is 49.6 Å². The summed E-state index contributed by atoms with van der Waals surface area (Å²) in [6.07, 6.45) is 2.00. The molecule has 1 N–H and O–H groups in total. The second kappa shape index (κ2) is 5.10. The largest absolute Gasteiger partial charge is 0.309 e. The zero-order valence-electron chi connectivity index (χ0n) is 10.6. The fourth-order valence-corrected chi connectivity index (χ4v) is 2.20. The van der Waals surface area contributed by atoms with E-state index in [4.69, 9.17) is 0 Å². The smallest absolute Gasteiger partial charge is 0.0351 e. The molecule has 1 fully saturated rings. The topological polar surface area (TPSA) is 18.5 Å². The van der Waals surface area contributed by atoms with E-state index in [0.717, 1.165) is 26.2 Å². The fraction of sp³-hybridized carbons (Fsp3) is 0.833. The molecular formula is C12H25N3. The Bertz CT molecular complexity index is 211. The molecule has 88 valence electrons. The molecule has 1 unspecified atom stereocenters. The van der Waals surface area contributed by atoms with Gasteiger partial charge in [-0.1, -0.05) is 6.08 Å². The van der Waals surface area contributed by atoms with Gasteiger partial charge >= 0.3 is 0 Å². The van der Waals surface area contributed by atoms with Crippen LogP contribution in [0, 0.1) is 0 Å². The van der Waals surface area contributed by atoms with Crippen LogP contribution in [0.25, 0.3) is 0 Å². The molecule has 0 saturated carbocycles. The Labute approximate surface area is 94.1 Å². The molecule has 1 heterocycles. The minimum Gasteiger partial charge on any atom is -0.309 e. The van der Waals surface area contributed by atoms with Gasteiger partial charge in [-0.2, -0.15) is 0 Å². The summed E-state index contributed by atoms with van der Waals surface area (Å²) >= 11 is 0. The zero-order valence-corrected chi connectivity index (χ0v) is 10.6. The third-order valence-corrected chi connectivity index (χ3v) is 2.87. The molecule has 0 amide bonds. The lowest BCUT2D eigenvalue weighted by Crippen LogP contribution is -2.63. The molecule has 0 aliphatic carbocycles. The third-order valence-electron chi connectivity index (χ3n) is 2.87. The van der Waals surface area contributed by atoms with Gasteiger partial charge in [0.05, 0.1) is 0 Å². The van der Waals surface area contributed by atoms with Crippen molar-refractivity contribution in [2.45, 2.75) is 25.4 Å². The van der Waals surface area contributed by atoms with E-state index >= 15 is 0 Å². The zero-order chi connectivity index (χ0) is 11.5. The number of rotatable bonds is 4. The molecule has 0 aromatic rings. The molecule has 1 aliphatic rings. The van der Waals surface area contributed by atoms with Gasteiger partial charge in [0.2, 0.25) is 0 Å². The summed E-state index contributed by atoms with van der Waals surface area (Å²) in [4.78, 5) is 4.77. The first-order chi connectivity index (χ1) is 6.94. The molecule has 0 aromatic heterocycles. The molecule has 15 heavy (non-hydrogen) atoms. The highest BCUT2D eigenvalue weighted by atomic mass is 15.3. The van der Waals surface area contributed by atoms with Crippen molar-refractivity contribution in [2.75, 3.05) is 40.3 Å². The summed E-state index contributed by atoms with van der Waals surface area (Å²) in [7, 11) is 4.26. The Morgan fingerprint density at radius 1 is 1.53 bits per heavy atom. The van der Waals surface area contributed by atoms with Crippen molar-refractivity contribution in [3.8, 4) is 0 Å². The first-order valence-electron chi connectivity index (χ1n) is 5.69. The Kier molecular flexibility index (Phi) is 4.32. The number of nitrogens with one attached hydrogen (secondary N) is 1. The SMILES string of the molecule is C=CCN1CC(C)(C)NCC1CN(C)C. The van der Waals surface area contributed by atoms with Gasteiger partial charge in [0.1, 0.15) is 0 Å². The average Bonchev–Trinajstić information content (AvgIpc) is 2.09. The van der Waals surface area contributed by atoms with E-state index in [0.29, 0.717) is 6.04 Å². The van der Waals surface area contributed by atoms with Crippen molar-refractivity contribution in [3.05, 3.63) is 12.7 Å². The third kappa shape index (κ3) is 3.93. The molecule has 1 atom stereocenters. The maximum atomic E-state index is 3.84. The van der Waals surface area contributed by atoms with Crippen LogP contribution in [0.3, 0.4) is 0 Å². The van der Waals surface area contributed by atoms with Crippen molar-refractivity contribution < 1.29 is 0 Å². The molecule has 3 heteroatoms. The van der Waals surface area contributed by atoms with Crippen molar-refractivity contribution in [1.29, 1.82) is 0 Å². The Hall–Kier alpha value is -0.380. The summed E-state index contributed by atoms with van der Waals surface area (Å²) in [5, 5.41) is 3.60. The first-order valence-corrected chi connectivity index (χ1v) is 5.69. The van der Waals surface area contributed by atoms with Crippen molar-refractivity contribution in [3.63, 3.8) is 0 Å². The van der Waals surface area contributed by atoms with Crippen LogP contribution in [-0.4, -0.2) is 61.7 Å². The number of hydrogen-bond donors (Lipinski definition) is 1. The normalized spacial score (nSPS) is 26.9. The minimum atomic E-state index is 0.228. The molecule has 0 aromatic carbocycles. The van der Waals surface area contributed by atoms with Crippen LogP contribution >= 0.6 is 0 Å². The highest BCUT2D eigenvalue weighted by molar-refractivity contribution is 4.94. The summed E-state index contributed by atoms with van der Waals surface area (Å²) in [5.41, 5.74) is 0.228. The van der Waals surface area contributed by atoms with Gasteiger partial charge in [0.15, 0.2) is 0 Å². The maximum absolute atomic E-state index is 3.84. The summed E-state index contributed by atoms with van der Waals surface area (Å²) < 4.78 is 0. The maximum Gasteiger partial charge on any atom is 0.0351 e. The van der Waals surface area contributed by atoms with Crippen LogP contribution < -0.4 is 5.32 Å². The van der Waals surface area contributed by atoms with E-state index in [-0.39, 0.29) is 5.54 Å². The van der Waals surface area contributed by atoms with E-state index in [1.54, 1.807) is 0 Å². The lowest BCUT2D eigenvalue weighted by Gasteiger charge is -2.45. The predicted molar refractivity (Wildman–Crippen MR) is 66.2 cm³/mol. The van der Waals surface area contributed by atoms with E-state index in [1.165, 1.54) is 0 Å². The standard InChI is InChI=1S/C12H25N3/c1-6-7-15-10-12(2,3)13-8-11(15)9-14(4)5/h6,11,13H,1,7-10H2,2-5H3. The molecule has 1 saturated heterocycles. The van der Waals surface area contributed by atoms with Gasteiger partial charge in [0.25, 0.3) is 0 Å². The molecule has 3 nitrogen and oxygen atoms in total. The molecule has 0 spiro atoms. The highest BCUT2D eigenvalue weighted by Crippen LogP contribution is 2.15. The second-order valence-corrected chi connectivity index (χ2v) is 5.40. The molecule has 1 aliphatic heterocycles. The van der Waals surface area contributed by atoms with Crippen LogP contribution in [0.4, 0.5) is 0 Å². The van der Waals surface area contributed by atoms with Crippen LogP contribution in [-0.2, 0) is 0 Å². The predicted octanol–water partition coefficient (Wildman–Crippen LogP) is 0.786. The molecular weight excluding hydrogens is 186 g/mol. The van der Waals surface area contributed by atoms with Crippen LogP contribution in [0.5, 0.6) is 0 Å². The van der Waals surface area contributed by atoms with E-state index < -0.39 is 0 Å². The monoisotopic (exact) mass is 211 g/mol. The van der Waals surface area contributed by atoms with Gasteiger partial charge in [-0.15, -0.1) is 6.58 Å². The lowest BCUT2D eigenvalue weighted by atomic mass is 9.98. The number of likely N-dealkylation sites (N-methyl/N-ethyl adjacent to an activating group) is 1. The van der Waals surface area contributed by atoms with Gasteiger partial charge in [-0.3, -0.25) is 4.90 Å². The van der Waals surface area contributed by atoms with E-state index in [1.807, 2.05) is 6.08 Å². The van der Waals surface area contributed by atoms with Crippen molar-refractivity contribution in [1.82, 2.24) is 15.1 Å². The van der Waals surface area contributed by atoms with Gasteiger partial charge in [0, 0.05) is 37.8 Å². The first kappa shape index (κ1) is 12.7. The van der Waals surface area contributed by atoms with Crippen LogP contribution in [0.1, 0.15) is 13.8 Å². The second-order valence-electron chi connectivity index (χ2n) is 5.40. The summed E-state index contributed by atoms with van der Waals surface area (Å²) in [6.45, 7) is 12.6. The van der Waals surface area contributed by atoms with E-state index in [9.17, 15) is 0 Å². The minimum absolute atomic E-state index is 0.228. The quantitative estimate of drug-likeness (QED) is 0.694. The van der Waals surface area contributed by atoms with Crippen molar-refractivity contribution in [2.24, 2.45) is 0 Å². The van der Waals surface area contributed by atoms with Crippen LogP contribution in [0.15, 0.2) is 12.7 Å². The number of hydrogen-bond acceptors (Lipinski definition) is 3. The molecule has 0 radical (unpaired) electrons. The Balaban J connectivity index is 2.58. The van der Waals surface area contributed by atoms with Gasteiger partial charge in [-0.05, 0) is 27.9 Å². The van der Waals surface area contributed by atoms with Crippen LogP contribution in [0.2, 0.25) is 0 Å². The average molecular weight is 211 g/mol. The Morgan fingerprint density at radius 2 is 2.20 bits per heavy atom. The molecule has 1 rings (SSSR count). The summed E-state index contributed by atoms with van der Waals surface area (Å²) in [6, 6.07) is 0.603. The number of nitrogens with zero attached hydrogens (tertiary/aromatic N) is 2. The fourth-order valence-electron chi connectivity index (χ4n) is 2.20. The molecule has 0 bridgehead atoms. The Morgan fingerprint density at radius 3 is 2.73 bits per heavy atom.